The highest BCUT2D eigenvalue weighted by Gasteiger charge is 1.94. The lowest BCUT2D eigenvalue weighted by atomic mass is 10.3. The predicted octanol–water partition coefficient (Wildman–Crippen LogP) is 1.78. The molecular formula is C7H5NS. The highest BCUT2D eigenvalue weighted by atomic mass is 32.2. The summed E-state index contributed by atoms with van der Waals surface area (Å²) < 4.78 is 3.83. The summed E-state index contributed by atoms with van der Waals surface area (Å²) in [5.41, 5.74) is 0.728. The summed E-state index contributed by atoms with van der Waals surface area (Å²) in [5, 5.41) is 0. The standard InChI is InChI=1S/C7H5NS/c1-3-7-4-6(2)9-8-5-7/h1,4H,2H3. The highest BCUT2D eigenvalue weighted by Crippen LogP contribution is 2.19. The van der Waals surface area contributed by atoms with Crippen LogP contribution in [0.3, 0.4) is 0 Å². The van der Waals surface area contributed by atoms with Crippen LogP contribution in [0.1, 0.15) is 6.92 Å². The third-order valence-electron chi connectivity index (χ3n) is 0.859. The molecule has 0 unspecified atom stereocenters. The topological polar surface area (TPSA) is 12.4 Å². The van der Waals surface area contributed by atoms with Crippen LogP contribution in [0.5, 0.6) is 0 Å². The quantitative estimate of drug-likeness (QED) is 0.364. The lowest BCUT2D eigenvalue weighted by molar-refractivity contribution is 1.63. The molecule has 0 amide bonds. The smallest absolute Gasteiger partial charge is 0.0871 e. The van der Waals surface area contributed by atoms with Crippen molar-refractivity contribution >= 4 is 17.8 Å². The van der Waals surface area contributed by atoms with Gasteiger partial charge in [-0.05, 0) is 13.0 Å². The van der Waals surface area contributed by atoms with E-state index in [1.165, 1.54) is 11.9 Å². The Labute approximate surface area is 58.7 Å². The zero-order valence-corrected chi connectivity index (χ0v) is 5.83. The molecule has 1 rings (SSSR count). The summed E-state index contributed by atoms with van der Waals surface area (Å²) in [4.78, 5) is 1.11. The van der Waals surface area contributed by atoms with Crippen LogP contribution >= 0.6 is 11.9 Å². The van der Waals surface area contributed by atoms with Gasteiger partial charge in [-0.1, -0.05) is 5.92 Å². The van der Waals surface area contributed by atoms with Crippen molar-refractivity contribution in [1.82, 2.24) is 0 Å². The minimum atomic E-state index is 0.728. The minimum absolute atomic E-state index is 0.728. The van der Waals surface area contributed by atoms with Gasteiger partial charge < -0.3 is 0 Å². The van der Waals surface area contributed by atoms with Crippen molar-refractivity contribution in [2.45, 2.75) is 6.92 Å². The number of terminal acetylenes is 1. The van der Waals surface area contributed by atoms with E-state index < -0.39 is 0 Å². The van der Waals surface area contributed by atoms with Crippen molar-refractivity contribution in [1.29, 1.82) is 0 Å². The molecule has 0 bridgehead atoms. The van der Waals surface area contributed by atoms with E-state index >= 15 is 0 Å². The molecule has 0 aromatic heterocycles. The van der Waals surface area contributed by atoms with Gasteiger partial charge in [0.15, 0.2) is 0 Å². The first-order valence-electron chi connectivity index (χ1n) is 2.48. The molecule has 1 heterocycles. The second-order valence-electron chi connectivity index (χ2n) is 1.61. The van der Waals surface area contributed by atoms with Gasteiger partial charge in [-0.15, -0.1) is 6.42 Å². The molecule has 2 heteroatoms. The summed E-state index contributed by atoms with van der Waals surface area (Å²) in [6.45, 7) is 1.96. The van der Waals surface area contributed by atoms with Gasteiger partial charge in [-0.25, -0.2) is 0 Å². The summed E-state index contributed by atoms with van der Waals surface area (Å²) >= 11 is 1.40. The normalized spacial score (nSPS) is 16.0. The van der Waals surface area contributed by atoms with Crippen LogP contribution in [0.4, 0.5) is 0 Å². The third kappa shape index (κ3) is 1.50. The number of nitrogens with zero attached hydrogens (tertiary/aromatic N) is 1. The average molecular weight is 135 g/mol. The van der Waals surface area contributed by atoms with Crippen molar-refractivity contribution in [3.8, 4) is 12.3 Å². The van der Waals surface area contributed by atoms with E-state index in [-0.39, 0.29) is 0 Å². The van der Waals surface area contributed by atoms with E-state index in [2.05, 4.69) is 16.2 Å². The SMILES string of the molecule is C#CC1=C=NSC(C)=C1. The van der Waals surface area contributed by atoms with Crippen LogP contribution in [-0.2, 0) is 0 Å². The second-order valence-corrected chi connectivity index (χ2v) is 2.62. The first-order chi connectivity index (χ1) is 4.33. The molecule has 0 spiro atoms. The van der Waals surface area contributed by atoms with E-state index in [9.17, 15) is 0 Å². The first kappa shape index (κ1) is 6.22. The van der Waals surface area contributed by atoms with Crippen molar-refractivity contribution < 1.29 is 0 Å². The van der Waals surface area contributed by atoms with Gasteiger partial charge in [-0.3, -0.25) is 0 Å². The molecule has 9 heavy (non-hydrogen) atoms. The fraction of sp³-hybridized carbons (Fsp3) is 0.143. The van der Waals surface area contributed by atoms with E-state index in [1.54, 1.807) is 0 Å². The number of allylic oxidation sites excluding steroid dienone is 3. The zero-order chi connectivity index (χ0) is 6.69. The Morgan fingerprint density at radius 1 is 1.89 bits per heavy atom. The zero-order valence-electron chi connectivity index (χ0n) is 5.01. The molecule has 0 saturated heterocycles. The molecule has 0 saturated carbocycles. The van der Waals surface area contributed by atoms with Gasteiger partial charge in [0, 0.05) is 22.7 Å². The molecule has 0 aromatic carbocycles. The van der Waals surface area contributed by atoms with Gasteiger partial charge in [-0.2, -0.15) is 4.40 Å². The van der Waals surface area contributed by atoms with Crippen LogP contribution in [0, 0.1) is 12.3 Å². The molecule has 44 valence electrons. The van der Waals surface area contributed by atoms with Crippen LogP contribution < -0.4 is 0 Å². The molecule has 1 aliphatic rings. The predicted molar refractivity (Wildman–Crippen MR) is 41.1 cm³/mol. The third-order valence-corrected chi connectivity index (χ3v) is 1.45. The van der Waals surface area contributed by atoms with E-state index in [0.717, 1.165) is 10.5 Å². The molecule has 0 aliphatic carbocycles. The van der Waals surface area contributed by atoms with Gasteiger partial charge in [0.25, 0.3) is 0 Å². The number of rotatable bonds is 0. The Morgan fingerprint density at radius 3 is 3.11 bits per heavy atom. The van der Waals surface area contributed by atoms with Gasteiger partial charge in [0.05, 0.1) is 5.57 Å². The van der Waals surface area contributed by atoms with E-state index in [0.29, 0.717) is 0 Å². The summed E-state index contributed by atoms with van der Waals surface area (Å²) in [7, 11) is 0. The van der Waals surface area contributed by atoms with Crippen LogP contribution in [0.15, 0.2) is 21.0 Å². The maximum Gasteiger partial charge on any atom is 0.0871 e. The summed E-state index contributed by atoms with van der Waals surface area (Å²) in [6.07, 6.45) is 6.99. The average Bonchev–Trinajstić information content (AvgIpc) is 1.88. The van der Waals surface area contributed by atoms with Crippen molar-refractivity contribution in [2.75, 3.05) is 0 Å². The lowest BCUT2D eigenvalue weighted by Gasteiger charge is -1.95. The molecule has 1 nitrogen and oxygen atoms in total. The van der Waals surface area contributed by atoms with Crippen LogP contribution in [-0.4, -0.2) is 5.87 Å². The Morgan fingerprint density at radius 2 is 2.67 bits per heavy atom. The Kier molecular flexibility index (Phi) is 1.79. The van der Waals surface area contributed by atoms with Gasteiger partial charge in [0.2, 0.25) is 0 Å². The molecule has 0 N–H and O–H groups in total. The van der Waals surface area contributed by atoms with Crippen LogP contribution in [0.25, 0.3) is 0 Å². The molecule has 0 radical (unpaired) electrons. The fourth-order valence-electron chi connectivity index (χ4n) is 0.480. The molecule has 0 fully saturated rings. The molecule has 0 aromatic rings. The molecule has 0 atom stereocenters. The maximum atomic E-state index is 5.10. The second kappa shape index (κ2) is 2.59. The fourth-order valence-corrected chi connectivity index (χ4v) is 0.938. The largest absolute Gasteiger partial charge is 0.167 e. The molecule has 1 aliphatic heterocycles. The maximum absolute atomic E-state index is 5.10. The summed E-state index contributed by atoms with van der Waals surface area (Å²) in [5.74, 6) is 5.15. The van der Waals surface area contributed by atoms with Gasteiger partial charge >= 0.3 is 0 Å². The van der Waals surface area contributed by atoms with Crippen molar-refractivity contribution in [2.24, 2.45) is 4.40 Å². The Balaban J connectivity index is 2.98. The molecular weight excluding hydrogens is 130 g/mol. The van der Waals surface area contributed by atoms with E-state index in [1.807, 2.05) is 13.0 Å². The van der Waals surface area contributed by atoms with Crippen molar-refractivity contribution in [3.05, 3.63) is 16.6 Å². The Hall–Kier alpha value is -0.900. The lowest BCUT2D eigenvalue weighted by Crippen LogP contribution is -1.78. The minimum Gasteiger partial charge on any atom is -0.167 e. The Bertz CT molecular complexity index is 249. The summed E-state index contributed by atoms with van der Waals surface area (Å²) in [6, 6.07) is 0. The van der Waals surface area contributed by atoms with E-state index in [4.69, 9.17) is 6.42 Å². The van der Waals surface area contributed by atoms with Gasteiger partial charge in [0.1, 0.15) is 0 Å². The number of hydrogen-bond donors (Lipinski definition) is 0. The number of hydrogen-bond acceptors (Lipinski definition) is 2. The highest BCUT2D eigenvalue weighted by molar-refractivity contribution is 8.01. The van der Waals surface area contributed by atoms with Crippen molar-refractivity contribution in [3.63, 3.8) is 0 Å². The first-order valence-corrected chi connectivity index (χ1v) is 3.25. The monoisotopic (exact) mass is 135 g/mol. The van der Waals surface area contributed by atoms with Crippen LogP contribution in [0.2, 0.25) is 0 Å².